The van der Waals surface area contributed by atoms with E-state index in [1.165, 1.54) is 13.5 Å². The average molecular weight is 225 g/mol. The second-order valence-electron chi connectivity index (χ2n) is 4.60. The molecule has 1 heterocycles. The maximum atomic E-state index is 6.32. The van der Waals surface area contributed by atoms with Crippen molar-refractivity contribution in [3.63, 3.8) is 0 Å². The Morgan fingerprint density at radius 2 is 2.19 bits per heavy atom. The van der Waals surface area contributed by atoms with Gasteiger partial charge in [-0.15, -0.1) is 0 Å². The highest BCUT2D eigenvalue weighted by molar-refractivity contribution is 5.07. The van der Waals surface area contributed by atoms with Gasteiger partial charge in [-0.3, -0.25) is 4.52 Å². The summed E-state index contributed by atoms with van der Waals surface area (Å²) in [5, 5.41) is 3.90. The Morgan fingerprint density at radius 1 is 1.50 bits per heavy atom. The summed E-state index contributed by atoms with van der Waals surface area (Å²) in [7, 11) is 1.51. The molecule has 0 amide bonds. The summed E-state index contributed by atoms with van der Waals surface area (Å²) in [6.07, 6.45) is 5.55. The van der Waals surface area contributed by atoms with Crippen molar-refractivity contribution >= 4 is 0 Å². The molecule has 0 aliphatic heterocycles. The average Bonchev–Trinajstić information content (AvgIpc) is 2.79. The third-order valence-corrected chi connectivity index (χ3v) is 3.60. The molecule has 0 unspecified atom stereocenters. The van der Waals surface area contributed by atoms with E-state index in [1.807, 2.05) is 0 Å². The van der Waals surface area contributed by atoms with Gasteiger partial charge in [0, 0.05) is 0 Å². The van der Waals surface area contributed by atoms with Crippen LogP contribution in [0.15, 0.2) is 4.52 Å². The molecule has 0 saturated heterocycles. The van der Waals surface area contributed by atoms with E-state index in [4.69, 9.17) is 15.0 Å². The van der Waals surface area contributed by atoms with Crippen LogP contribution in [-0.2, 0) is 5.54 Å². The van der Waals surface area contributed by atoms with E-state index >= 15 is 0 Å². The third kappa shape index (κ3) is 2.04. The van der Waals surface area contributed by atoms with Crippen molar-refractivity contribution in [3.8, 4) is 6.08 Å². The number of nitrogens with zero attached hydrogens (tertiary/aromatic N) is 2. The van der Waals surface area contributed by atoms with Gasteiger partial charge in [0.05, 0.1) is 12.6 Å². The Kier molecular flexibility index (Phi) is 3.14. The first kappa shape index (κ1) is 11.4. The molecule has 16 heavy (non-hydrogen) atoms. The van der Waals surface area contributed by atoms with Crippen molar-refractivity contribution in [1.29, 1.82) is 0 Å². The standard InChI is InChI=1S/C11H19N3O2/c1-3-8-4-6-11(12,7-5-8)9-13-10(15-2)16-14-9/h8H,3-7,12H2,1-2H3. The zero-order chi connectivity index (χ0) is 11.6. The van der Waals surface area contributed by atoms with Crippen LogP contribution in [0, 0.1) is 5.92 Å². The molecule has 5 heteroatoms. The van der Waals surface area contributed by atoms with E-state index < -0.39 is 5.54 Å². The van der Waals surface area contributed by atoms with Gasteiger partial charge in [0.15, 0.2) is 5.82 Å². The van der Waals surface area contributed by atoms with Gasteiger partial charge in [0.2, 0.25) is 0 Å². The van der Waals surface area contributed by atoms with Crippen LogP contribution in [0.5, 0.6) is 6.08 Å². The molecule has 90 valence electrons. The fraction of sp³-hybridized carbons (Fsp3) is 0.818. The zero-order valence-electron chi connectivity index (χ0n) is 9.90. The minimum Gasteiger partial charge on any atom is -0.452 e. The predicted molar refractivity (Wildman–Crippen MR) is 59.0 cm³/mol. The SMILES string of the molecule is CCC1CCC(N)(c2noc(OC)n2)CC1. The first-order chi connectivity index (χ1) is 7.68. The monoisotopic (exact) mass is 225 g/mol. The lowest BCUT2D eigenvalue weighted by molar-refractivity contribution is 0.213. The van der Waals surface area contributed by atoms with Crippen molar-refractivity contribution < 1.29 is 9.26 Å². The van der Waals surface area contributed by atoms with Gasteiger partial charge in [-0.25, -0.2) is 0 Å². The van der Waals surface area contributed by atoms with Gasteiger partial charge < -0.3 is 10.5 Å². The maximum Gasteiger partial charge on any atom is 0.417 e. The molecular formula is C11H19N3O2. The summed E-state index contributed by atoms with van der Waals surface area (Å²) in [5.41, 5.74) is 5.90. The second-order valence-corrected chi connectivity index (χ2v) is 4.60. The zero-order valence-corrected chi connectivity index (χ0v) is 9.90. The van der Waals surface area contributed by atoms with Crippen LogP contribution in [0.1, 0.15) is 44.9 Å². The highest BCUT2D eigenvalue weighted by Crippen LogP contribution is 2.37. The van der Waals surface area contributed by atoms with Crippen LogP contribution in [0.25, 0.3) is 0 Å². The molecule has 1 fully saturated rings. The molecule has 1 aliphatic rings. The minimum absolute atomic E-state index is 0.192. The Hall–Kier alpha value is -1.10. The van der Waals surface area contributed by atoms with Gasteiger partial charge in [-0.1, -0.05) is 18.5 Å². The van der Waals surface area contributed by atoms with Crippen LogP contribution in [0.3, 0.4) is 0 Å². The first-order valence-electron chi connectivity index (χ1n) is 5.85. The van der Waals surface area contributed by atoms with Gasteiger partial charge in [-0.05, 0) is 31.6 Å². The molecule has 1 aromatic heterocycles. The fourth-order valence-corrected chi connectivity index (χ4v) is 2.32. The van der Waals surface area contributed by atoms with E-state index in [9.17, 15) is 0 Å². The number of ether oxygens (including phenoxy) is 1. The lowest BCUT2D eigenvalue weighted by Crippen LogP contribution is -2.41. The van der Waals surface area contributed by atoms with Crippen molar-refractivity contribution in [2.75, 3.05) is 7.11 Å². The van der Waals surface area contributed by atoms with Gasteiger partial charge in [0.1, 0.15) is 0 Å². The van der Waals surface area contributed by atoms with Crippen LogP contribution >= 0.6 is 0 Å². The predicted octanol–water partition coefficient (Wildman–Crippen LogP) is 1.83. The van der Waals surface area contributed by atoms with Crippen LogP contribution in [0.2, 0.25) is 0 Å². The smallest absolute Gasteiger partial charge is 0.417 e. The highest BCUT2D eigenvalue weighted by atomic mass is 16.6. The minimum atomic E-state index is -0.425. The molecule has 1 saturated carbocycles. The lowest BCUT2D eigenvalue weighted by Gasteiger charge is -2.34. The molecule has 2 N–H and O–H groups in total. The number of hydrogen-bond acceptors (Lipinski definition) is 5. The summed E-state index contributed by atoms with van der Waals surface area (Å²) in [4.78, 5) is 4.15. The molecule has 5 nitrogen and oxygen atoms in total. The fourth-order valence-electron chi connectivity index (χ4n) is 2.32. The molecule has 0 radical (unpaired) electrons. The van der Waals surface area contributed by atoms with Gasteiger partial charge >= 0.3 is 6.08 Å². The summed E-state index contributed by atoms with van der Waals surface area (Å²) >= 11 is 0. The topological polar surface area (TPSA) is 74.2 Å². The second kappa shape index (κ2) is 4.41. The Balaban J connectivity index is 2.08. The Bertz CT molecular complexity index is 343. The molecule has 1 aliphatic carbocycles. The van der Waals surface area contributed by atoms with Crippen molar-refractivity contribution in [2.24, 2.45) is 11.7 Å². The normalized spacial score (nSPS) is 30.3. The van der Waals surface area contributed by atoms with Crippen molar-refractivity contribution in [2.45, 2.75) is 44.6 Å². The van der Waals surface area contributed by atoms with Crippen LogP contribution in [0.4, 0.5) is 0 Å². The first-order valence-corrected chi connectivity index (χ1v) is 5.85. The van der Waals surface area contributed by atoms with E-state index in [1.54, 1.807) is 0 Å². The summed E-state index contributed by atoms with van der Waals surface area (Å²) < 4.78 is 9.80. The molecule has 2 rings (SSSR count). The van der Waals surface area contributed by atoms with Gasteiger partial charge in [-0.2, -0.15) is 4.98 Å². The van der Waals surface area contributed by atoms with E-state index in [2.05, 4.69) is 17.1 Å². The number of methoxy groups -OCH3 is 1. The number of nitrogens with two attached hydrogens (primary N) is 1. The lowest BCUT2D eigenvalue weighted by atomic mass is 9.76. The largest absolute Gasteiger partial charge is 0.452 e. The van der Waals surface area contributed by atoms with Crippen molar-refractivity contribution in [3.05, 3.63) is 5.82 Å². The number of hydrogen-bond donors (Lipinski definition) is 1. The number of aromatic nitrogens is 2. The Morgan fingerprint density at radius 3 is 2.69 bits per heavy atom. The quantitative estimate of drug-likeness (QED) is 0.849. The van der Waals surface area contributed by atoms with Crippen molar-refractivity contribution in [1.82, 2.24) is 10.1 Å². The Labute approximate surface area is 95.3 Å². The molecule has 0 aromatic carbocycles. The molecule has 1 aromatic rings. The molecule has 0 spiro atoms. The van der Waals surface area contributed by atoms with E-state index in [0.717, 1.165) is 31.6 Å². The molecule has 0 atom stereocenters. The summed E-state index contributed by atoms with van der Waals surface area (Å²) in [6.45, 7) is 2.23. The molecule has 0 bridgehead atoms. The maximum absolute atomic E-state index is 6.32. The number of rotatable bonds is 3. The van der Waals surface area contributed by atoms with Crippen LogP contribution < -0.4 is 10.5 Å². The summed E-state index contributed by atoms with van der Waals surface area (Å²) in [6, 6.07) is 0. The third-order valence-electron chi connectivity index (χ3n) is 3.60. The highest BCUT2D eigenvalue weighted by Gasteiger charge is 2.37. The molecular weight excluding hydrogens is 206 g/mol. The van der Waals surface area contributed by atoms with E-state index in [0.29, 0.717) is 5.82 Å². The van der Waals surface area contributed by atoms with E-state index in [-0.39, 0.29) is 6.08 Å². The van der Waals surface area contributed by atoms with Crippen LogP contribution in [-0.4, -0.2) is 17.3 Å². The summed E-state index contributed by atoms with van der Waals surface area (Å²) in [5.74, 6) is 1.38. The van der Waals surface area contributed by atoms with Gasteiger partial charge in [0.25, 0.3) is 0 Å².